The first-order chi connectivity index (χ1) is 7.84. The lowest BCUT2D eigenvalue weighted by Crippen LogP contribution is -2.45. The van der Waals surface area contributed by atoms with Gasteiger partial charge >= 0.3 is 5.97 Å². The molecule has 0 aromatic carbocycles. The van der Waals surface area contributed by atoms with Gasteiger partial charge in [0.2, 0.25) is 15.9 Å². The first-order valence-electron chi connectivity index (χ1n) is 5.33. The van der Waals surface area contributed by atoms with Crippen LogP contribution in [0.3, 0.4) is 0 Å². The summed E-state index contributed by atoms with van der Waals surface area (Å²) in [6.45, 7) is -1.30. The van der Waals surface area contributed by atoms with E-state index >= 15 is 0 Å². The number of sulfonamides is 1. The molecule has 7 nitrogen and oxygen atoms in total. The summed E-state index contributed by atoms with van der Waals surface area (Å²) >= 11 is 0. The van der Waals surface area contributed by atoms with Crippen molar-refractivity contribution < 1.29 is 23.1 Å². The van der Waals surface area contributed by atoms with Gasteiger partial charge in [-0.05, 0) is 12.8 Å². The molecule has 0 atom stereocenters. The number of carbonyl (C=O) groups is 2. The van der Waals surface area contributed by atoms with E-state index in [1.165, 1.54) is 0 Å². The maximum absolute atomic E-state index is 12.1. The number of carboxylic acids is 1. The van der Waals surface area contributed by atoms with Crippen LogP contribution in [0.1, 0.15) is 25.7 Å². The molecule has 98 valence electrons. The van der Waals surface area contributed by atoms with Crippen LogP contribution in [0.15, 0.2) is 0 Å². The summed E-state index contributed by atoms with van der Waals surface area (Å²) in [6.07, 6.45) is 2.64. The Balaban J connectivity index is 2.86. The first kappa shape index (κ1) is 13.9. The second-order valence-electron chi connectivity index (χ2n) is 4.08. The number of aliphatic carboxylic acids is 1. The summed E-state index contributed by atoms with van der Waals surface area (Å²) in [4.78, 5) is 21.4. The Hall–Kier alpha value is -1.15. The van der Waals surface area contributed by atoms with Crippen LogP contribution in [-0.2, 0) is 19.6 Å². The number of nitrogens with zero attached hydrogens (tertiary/aromatic N) is 1. The lowest BCUT2D eigenvalue weighted by Gasteiger charge is -2.22. The molecule has 3 N–H and O–H groups in total. The second-order valence-corrected chi connectivity index (χ2v) is 6.29. The van der Waals surface area contributed by atoms with Crippen molar-refractivity contribution in [1.82, 2.24) is 4.31 Å². The molecule has 0 aromatic rings. The quantitative estimate of drug-likeness (QED) is 0.646. The van der Waals surface area contributed by atoms with Gasteiger partial charge in [-0.25, -0.2) is 8.42 Å². The number of rotatable bonds is 6. The maximum Gasteiger partial charge on any atom is 0.318 e. The lowest BCUT2D eigenvalue weighted by atomic mass is 10.4. The monoisotopic (exact) mass is 264 g/mol. The fourth-order valence-corrected chi connectivity index (χ4v) is 3.91. The molecule has 1 fully saturated rings. The highest BCUT2D eigenvalue weighted by atomic mass is 32.2. The standard InChI is InChI=1S/C9H16N2O5S/c10-8(12)5-11(6-9(13)14)17(15,16)7-3-1-2-4-7/h7H,1-6H2,(H2,10,12)(H,13,14). The summed E-state index contributed by atoms with van der Waals surface area (Å²) in [5.74, 6) is -2.15. The molecule has 8 heteroatoms. The Morgan fingerprint density at radius 2 is 1.76 bits per heavy atom. The summed E-state index contributed by atoms with van der Waals surface area (Å²) < 4.78 is 24.8. The van der Waals surface area contributed by atoms with Crippen LogP contribution in [0.5, 0.6) is 0 Å². The predicted octanol–water partition coefficient (Wildman–Crippen LogP) is -0.869. The first-order valence-corrected chi connectivity index (χ1v) is 6.83. The summed E-state index contributed by atoms with van der Waals surface area (Å²) in [5.41, 5.74) is 4.93. The minimum atomic E-state index is -3.74. The van der Waals surface area contributed by atoms with E-state index in [0.717, 1.165) is 12.8 Å². The zero-order valence-electron chi connectivity index (χ0n) is 9.33. The minimum Gasteiger partial charge on any atom is -0.480 e. The summed E-state index contributed by atoms with van der Waals surface area (Å²) in [6, 6.07) is 0. The molecular formula is C9H16N2O5S. The van der Waals surface area contributed by atoms with Crippen molar-refractivity contribution >= 4 is 21.9 Å². The molecule has 0 saturated heterocycles. The third kappa shape index (κ3) is 3.67. The molecule has 0 spiro atoms. The number of hydrogen-bond donors (Lipinski definition) is 2. The highest BCUT2D eigenvalue weighted by Gasteiger charge is 2.35. The van der Waals surface area contributed by atoms with Crippen LogP contribution in [0.25, 0.3) is 0 Å². The van der Waals surface area contributed by atoms with Crippen molar-refractivity contribution in [2.45, 2.75) is 30.9 Å². The van der Waals surface area contributed by atoms with Gasteiger partial charge in [0, 0.05) is 0 Å². The fourth-order valence-electron chi connectivity index (χ4n) is 1.96. The molecule has 0 radical (unpaired) electrons. The van der Waals surface area contributed by atoms with Crippen molar-refractivity contribution in [3.8, 4) is 0 Å². The zero-order valence-corrected chi connectivity index (χ0v) is 10.1. The molecule has 17 heavy (non-hydrogen) atoms. The smallest absolute Gasteiger partial charge is 0.318 e. The molecule has 0 aromatic heterocycles. The highest BCUT2D eigenvalue weighted by molar-refractivity contribution is 7.89. The van der Waals surface area contributed by atoms with Crippen molar-refractivity contribution in [2.75, 3.05) is 13.1 Å². The average Bonchev–Trinajstić information content (AvgIpc) is 2.68. The van der Waals surface area contributed by atoms with Crippen molar-refractivity contribution in [3.05, 3.63) is 0 Å². The van der Waals surface area contributed by atoms with Gasteiger partial charge in [-0.3, -0.25) is 9.59 Å². The molecule has 0 unspecified atom stereocenters. The van der Waals surface area contributed by atoms with Gasteiger partial charge in [-0.2, -0.15) is 4.31 Å². The normalized spacial score (nSPS) is 17.5. The summed E-state index contributed by atoms with van der Waals surface area (Å²) in [7, 11) is -3.74. The Bertz CT molecular complexity index is 384. The van der Waals surface area contributed by atoms with Gasteiger partial charge < -0.3 is 10.8 Å². The third-order valence-corrected chi connectivity index (χ3v) is 5.02. The Morgan fingerprint density at radius 3 is 2.18 bits per heavy atom. The van der Waals surface area contributed by atoms with Gasteiger partial charge in [0.15, 0.2) is 0 Å². The van der Waals surface area contributed by atoms with Crippen LogP contribution in [0.4, 0.5) is 0 Å². The highest BCUT2D eigenvalue weighted by Crippen LogP contribution is 2.26. The second kappa shape index (κ2) is 5.46. The van der Waals surface area contributed by atoms with Gasteiger partial charge in [-0.1, -0.05) is 12.8 Å². The molecule has 1 saturated carbocycles. The summed E-state index contributed by atoms with van der Waals surface area (Å²) in [5, 5.41) is 8.06. The van der Waals surface area contributed by atoms with Gasteiger partial charge in [-0.15, -0.1) is 0 Å². The van der Waals surface area contributed by atoms with Crippen molar-refractivity contribution in [2.24, 2.45) is 5.73 Å². The van der Waals surface area contributed by atoms with E-state index in [4.69, 9.17) is 10.8 Å². The lowest BCUT2D eigenvalue weighted by molar-refractivity contribution is -0.137. The van der Waals surface area contributed by atoms with E-state index < -0.39 is 40.2 Å². The Morgan fingerprint density at radius 1 is 1.24 bits per heavy atom. The van der Waals surface area contributed by atoms with E-state index in [0.29, 0.717) is 17.1 Å². The molecule has 1 aliphatic rings. The van der Waals surface area contributed by atoms with Crippen molar-refractivity contribution in [1.29, 1.82) is 0 Å². The number of carbonyl (C=O) groups excluding carboxylic acids is 1. The topological polar surface area (TPSA) is 118 Å². The van der Waals surface area contributed by atoms with Crippen LogP contribution >= 0.6 is 0 Å². The van der Waals surface area contributed by atoms with Gasteiger partial charge in [0.25, 0.3) is 0 Å². The van der Waals surface area contributed by atoms with E-state index in [2.05, 4.69) is 0 Å². The van der Waals surface area contributed by atoms with E-state index in [-0.39, 0.29) is 0 Å². The number of carboxylic acid groups (broad SMARTS) is 1. The molecular weight excluding hydrogens is 248 g/mol. The Kier molecular flexibility index (Phi) is 4.47. The van der Waals surface area contributed by atoms with E-state index in [9.17, 15) is 18.0 Å². The number of hydrogen-bond acceptors (Lipinski definition) is 4. The van der Waals surface area contributed by atoms with Crippen LogP contribution in [0, 0.1) is 0 Å². The molecule has 0 heterocycles. The van der Waals surface area contributed by atoms with Crippen LogP contribution in [0.2, 0.25) is 0 Å². The average molecular weight is 264 g/mol. The minimum absolute atomic E-state index is 0.511. The molecule has 1 aliphatic carbocycles. The zero-order chi connectivity index (χ0) is 13.1. The Labute approximate surface area is 99.6 Å². The maximum atomic E-state index is 12.1. The van der Waals surface area contributed by atoms with Gasteiger partial charge in [0.05, 0.1) is 11.8 Å². The number of primary amides is 1. The van der Waals surface area contributed by atoms with Crippen molar-refractivity contribution in [3.63, 3.8) is 0 Å². The molecule has 0 bridgehead atoms. The number of amides is 1. The van der Waals surface area contributed by atoms with Crippen LogP contribution in [-0.4, -0.2) is 48.0 Å². The van der Waals surface area contributed by atoms with E-state index in [1.807, 2.05) is 0 Å². The molecule has 0 aliphatic heterocycles. The van der Waals surface area contributed by atoms with Crippen LogP contribution < -0.4 is 5.73 Å². The van der Waals surface area contributed by atoms with Gasteiger partial charge in [0.1, 0.15) is 6.54 Å². The molecule has 1 amide bonds. The predicted molar refractivity (Wildman–Crippen MR) is 59.6 cm³/mol. The number of nitrogens with two attached hydrogens (primary N) is 1. The fraction of sp³-hybridized carbons (Fsp3) is 0.778. The molecule has 1 rings (SSSR count). The van der Waals surface area contributed by atoms with E-state index in [1.54, 1.807) is 0 Å². The third-order valence-electron chi connectivity index (χ3n) is 2.73. The SMILES string of the molecule is NC(=O)CN(CC(=O)O)S(=O)(=O)C1CCCC1. The largest absolute Gasteiger partial charge is 0.480 e.